The summed E-state index contributed by atoms with van der Waals surface area (Å²) in [6.45, 7) is 6.58. The lowest BCUT2D eigenvalue weighted by atomic mass is 9.46. The molecule has 0 amide bonds. The van der Waals surface area contributed by atoms with Crippen molar-refractivity contribution in [1.29, 1.82) is 0 Å². The molecule has 0 saturated heterocycles. The van der Waals surface area contributed by atoms with E-state index in [0.29, 0.717) is 17.8 Å². The molecule has 3 N–H and O–H groups in total. The van der Waals surface area contributed by atoms with Gasteiger partial charge >= 0.3 is 0 Å². The van der Waals surface area contributed by atoms with Crippen molar-refractivity contribution < 1.29 is 15.4 Å². The molecule has 0 bridgehead atoms. The maximum Gasteiger partial charge on any atom is 0.0585 e. The number of aliphatic hydroxyl groups is 2. The Morgan fingerprint density at radius 3 is 2.68 bits per heavy atom. The van der Waals surface area contributed by atoms with Gasteiger partial charge in [0.15, 0.2) is 0 Å². The number of hydrogen-bond acceptors (Lipinski definition) is 4. The molecular formula is C21H33NO3. The zero-order chi connectivity index (χ0) is 18.0. The quantitative estimate of drug-likeness (QED) is 0.293. The third-order valence-electron chi connectivity index (χ3n) is 8.67. The van der Waals surface area contributed by atoms with Gasteiger partial charge in [-0.1, -0.05) is 30.7 Å². The van der Waals surface area contributed by atoms with Crippen molar-refractivity contribution in [2.24, 2.45) is 39.7 Å². The Labute approximate surface area is 151 Å². The molecule has 0 aromatic heterocycles. The average Bonchev–Trinajstić information content (AvgIpc) is 2.91. The molecule has 0 spiro atoms. The van der Waals surface area contributed by atoms with Gasteiger partial charge in [0.25, 0.3) is 0 Å². The lowest BCUT2D eigenvalue weighted by Crippen LogP contribution is -2.56. The van der Waals surface area contributed by atoms with E-state index < -0.39 is 0 Å². The summed E-state index contributed by atoms with van der Waals surface area (Å²) in [7, 11) is 0. The highest BCUT2D eigenvalue weighted by Gasteiger charge is 2.61. The molecule has 25 heavy (non-hydrogen) atoms. The summed E-state index contributed by atoms with van der Waals surface area (Å²) in [6.07, 6.45) is 8.58. The van der Waals surface area contributed by atoms with Crippen LogP contribution in [0.3, 0.4) is 0 Å². The number of fused-ring (bicyclic) bond motifs is 5. The van der Waals surface area contributed by atoms with Gasteiger partial charge in [-0.3, -0.25) is 0 Å². The van der Waals surface area contributed by atoms with Crippen LogP contribution in [0.25, 0.3) is 0 Å². The van der Waals surface area contributed by atoms with Crippen LogP contribution in [0.4, 0.5) is 0 Å². The van der Waals surface area contributed by atoms with Crippen LogP contribution in [0.2, 0.25) is 0 Å². The largest absolute Gasteiger partial charge is 0.411 e. The van der Waals surface area contributed by atoms with Crippen molar-refractivity contribution in [3.05, 3.63) is 11.6 Å². The molecular weight excluding hydrogens is 314 g/mol. The number of oxime groups is 1. The van der Waals surface area contributed by atoms with E-state index in [1.165, 1.54) is 12.0 Å². The predicted molar refractivity (Wildman–Crippen MR) is 97.5 cm³/mol. The van der Waals surface area contributed by atoms with Crippen molar-refractivity contribution in [3.63, 3.8) is 0 Å². The molecule has 4 heteroatoms. The topological polar surface area (TPSA) is 73.1 Å². The number of hydrogen-bond donors (Lipinski definition) is 3. The standard InChI is InChI=1S/C21H33NO3/c1-12(22-25)16-6-7-17-15-5-4-13-10-14(23)8-9-20(13,2)19(15)18(24)11-21(16,17)3/h4,14-19,23-25H,5-11H2,1-3H3/b22-12+/t14-,15?,16+,17?,18?,19?,20-,21+/m0/s1. The van der Waals surface area contributed by atoms with Crippen LogP contribution < -0.4 is 0 Å². The van der Waals surface area contributed by atoms with Gasteiger partial charge < -0.3 is 15.4 Å². The molecule has 0 aromatic carbocycles. The first-order chi connectivity index (χ1) is 11.8. The van der Waals surface area contributed by atoms with E-state index in [4.69, 9.17) is 0 Å². The number of allylic oxidation sites excluding steroid dienone is 1. The van der Waals surface area contributed by atoms with Gasteiger partial charge in [-0.25, -0.2) is 0 Å². The Morgan fingerprint density at radius 2 is 1.96 bits per heavy atom. The summed E-state index contributed by atoms with van der Waals surface area (Å²) in [4.78, 5) is 0. The minimum absolute atomic E-state index is 0.0345. The molecule has 8 atom stereocenters. The van der Waals surface area contributed by atoms with Crippen molar-refractivity contribution in [1.82, 2.24) is 0 Å². The molecule has 0 aromatic rings. The van der Waals surface area contributed by atoms with E-state index >= 15 is 0 Å². The van der Waals surface area contributed by atoms with Crippen molar-refractivity contribution in [3.8, 4) is 0 Å². The summed E-state index contributed by atoms with van der Waals surface area (Å²) in [5, 5.41) is 34.2. The molecule has 0 radical (unpaired) electrons. The minimum Gasteiger partial charge on any atom is -0.411 e. The molecule has 3 fully saturated rings. The smallest absolute Gasteiger partial charge is 0.0585 e. The summed E-state index contributed by atoms with van der Waals surface area (Å²) in [5.74, 6) is 1.69. The highest BCUT2D eigenvalue weighted by molar-refractivity contribution is 5.85. The lowest BCUT2D eigenvalue weighted by molar-refractivity contribution is -0.120. The second-order valence-electron chi connectivity index (χ2n) is 9.72. The molecule has 140 valence electrons. The first-order valence-corrected chi connectivity index (χ1v) is 10.1. The van der Waals surface area contributed by atoms with E-state index in [1.54, 1.807) is 0 Å². The van der Waals surface area contributed by atoms with Gasteiger partial charge in [-0.2, -0.15) is 0 Å². The monoisotopic (exact) mass is 347 g/mol. The molecule has 4 unspecified atom stereocenters. The van der Waals surface area contributed by atoms with Gasteiger partial charge in [0.05, 0.1) is 17.9 Å². The Hall–Kier alpha value is -0.870. The Kier molecular flexibility index (Phi) is 4.08. The highest BCUT2D eigenvalue weighted by Crippen LogP contribution is 2.66. The maximum absolute atomic E-state index is 11.3. The van der Waals surface area contributed by atoms with Gasteiger partial charge in [-0.15, -0.1) is 0 Å². The van der Waals surface area contributed by atoms with Crippen molar-refractivity contribution in [2.75, 3.05) is 0 Å². The van der Waals surface area contributed by atoms with E-state index in [0.717, 1.165) is 44.2 Å². The van der Waals surface area contributed by atoms with E-state index in [1.807, 2.05) is 6.92 Å². The first kappa shape index (κ1) is 17.5. The molecule has 4 nitrogen and oxygen atoms in total. The zero-order valence-corrected chi connectivity index (χ0v) is 15.8. The van der Waals surface area contributed by atoms with Gasteiger partial charge in [0.1, 0.15) is 0 Å². The normalized spacial score (nSPS) is 52.8. The van der Waals surface area contributed by atoms with E-state index in [9.17, 15) is 15.4 Å². The Morgan fingerprint density at radius 1 is 1.20 bits per heavy atom. The van der Waals surface area contributed by atoms with Crippen molar-refractivity contribution >= 4 is 5.71 Å². The van der Waals surface area contributed by atoms with Gasteiger partial charge in [0.2, 0.25) is 0 Å². The number of rotatable bonds is 1. The third kappa shape index (κ3) is 2.36. The van der Waals surface area contributed by atoms with Crippen LogP contribution in [0, 0.1) is 34.5 Å². The molecule has 4 rings (SSSR count). The number of nitrogens with zero attached hydrogens (tertiary/aromatic N) is 1. The summed E-state index contributed by atoms with van der Waals surface area (Å²) >= 11 is 0. The van der Waals surface area contributed by atoms with Crippen LogP contribution >= 0.6 is 0 Å². The van der Waals surface area contributed by atoms with Crippen LogP contribution in [-0.2, 0) is 0 Å². The second kappa shape index (κ2) is 5.82. The summed E-state index contributed by atoms with van der Waals surface area (Å²) in [6, 6.07) is 0. The summed E-state index contributed by atoms with van der Waals surface area (Å²) < 4.78 is 0. The number of aliphatic hydroxyl groups excluding tert-OH is 2. The maximum atomic E-state index is 11.3. The van der Waals surface area contributed by atoms with Gasteiger partial charge in [-0.05, 0) is 80.5 Å². The fraction of sp³-hybridized carbons (Fsp3) is 0.857. The van der Waals surface area contributed by atoms with E-state index in [2.05, 4.69) is 25.1 Å². The van der Waals surface area contributed by atoms with Crippen LogP contribution in [0.1, 0.15) is 65.7 Å². The molecule has 3 saturated carbocycles. The molecule has 0 heterocycles. The van der Waals surface area contributed by atoms with E-state index in [-0.39, 0.29) is 29.0 Å². The average molecular weight is 347 g/mol. The SMILES string of the molecule is C/C(=N\O)[C@H]1CCC2C3CC=C4C[C@@H](O)CC[C@]4(C)C3C(O)C[C@@]21C. The molecule has 4 aliphatic carbocycles. The third-order valence-corrected chi connectivity index (χ3v) is 8.67. The Balaban J connectivity index is 1.71. The second-order valence-corrected chi connectivity index (χ2v) is 9.72. The lowest BCUT2D eigenvalue weighted by Gasteiger charge is -2.59. The predicted octanol–water partition coefficient (Wildman–Crippen LogP) is 3.75. The zero-order valence-electron chi connectivity index (χ0n) is 15.8. The highest BCUT2D eigenvalue weighted by atomic mass is 16.4. The summed E-state index contributed by atoms with van der Waals surface area (Å²) in [5.41, 5.74) is 2.29. The molecule has 4 aliphatic rings. The van der Waals surface area contributed by atoms with Crippen LogP contribution in [-0.4, -0.2) is 33.3 Å². The minimum atomic E-state index is -0.303. The van der Waals surface area contributed by atoms with Crippen LogP contribution in [0.5, 0.6) is 0 Å². The van der Waals surface area contributed by atoms with Crippen molar-refractivity contribution in [2.45, 2.75) is 77.9 Å². The van der Waals surface area contributed by atoms with Crippen LogP contribution in [0.15, 0.2) is 16.8 Å². The van der Waals surface area contributed by atoms with Gasteiger partial charge in [0, 0.05) is 5.92 Å². The Bertz CT molecular complexity index is 614. The molecule has 0 aliphatic heterocycles. The fourth-order valence-corrected chi connectivity index (χ4v) is 7.53. The fourth-order valence-electron chi connectivity index (χ4n) is 7.53. The first-order valence-electron chi connectivity index (χ1n) is 10.1.